The van der Waals surface area contributed by atoms with E-state index in [-0.39, 0.29) is 6.04 Å². The maximum Gasteiger partial charge on any atom is 0.112 e. The van der Waals surface area contributed by atoms with Crippen molar-refractivity contribution in [1.29, 1.82) is 0 Å². The first-order chi connectivity index (χ1) is 8.33. The highest BCUT2D eigenvalue weighted by Crippen LogP contribution is 2.47. The van der Waals surface area contributed by atoms with E-state index in [0.29, 0.717) is 17.8 Å². The molecule has 0 spiro atoms. The van der Waals surface area contributed by atoms with Crippen LogP contribution in [0.1, 0.15) is 18.2 Å². The lowest BCUT2D eigenvalue weighted by atomic mass is 9.89. The Kier molecular flexibility index (Phi) is 1.77. The quantitative estimate of drug-likeness (QED) is 0.731. The first-order valence-electron chi connectivity index (χ1n) is 6.21. The molecule has 1 fully saturated rings. The lowest BCUT2D eigenvalue weighted by Gasteiger charge is -2.22. The summed E-state index contributed by atoms with van der Waals surface area (Å²) in [5.74, 6) is 2.57. The van der Waals surface area contributed by atoms with Crippen LogP contribution in [0.15, 0.2) is 36.4 Å². The largest absolute Gasteiger partial charge is 0.342 e. The monoisotopic (exact) mass is 225 g/mol. The van der Waals surface area contributed by atoms with Crippen LogP contribution < -0.4 is 5.73 Å². The molecule has 1 aromatic carbocycles. The highest BCUT2D eigenvalue weighted by atomic mass is 14.9. The number of nitrogens with two attached hydrogens (primary N) is 1. The summed E-state index contributed by atoms with van der Waals surface area (Å²) in [5, 5.41) is 0. The minimum Gasteiger partial charge on any atom is -0.342 e. The lowest BCUT2D eigenvalue weighted by molar-refractivity contribution is 0.487. The van der Waals surface area contributed by atoms with E-state index in [4.69, 9.17) is 10.7 Å². The predicted molar refractivity (Wildman–Crippen MR) is 67.5 cm³/mol. The molecular formula is C14H15N3. The van der Waals surface area contributed by atoms with Crippen molar-refractivity contribution in [2.75, 3.05) is 0 Å². The van der Waals surface area contributed by atoms with Crippen LogP contribution in [0.3, 0.4) is 0 Å². The van der Waals surface area contributed by atoms with Crippen molar-refractivity contribution in [2.45, 2.75) is 18.4 Å². The van der Waals surface area contributed by atoms with Crippen molar-refractivity contribution in [3.05, 3.63) is 42.2 Å². The molecule has 0 aliphatic heterocycles. The van der Waals surface area contributed by atoms with Crippen LogP contribution in [0, 0.1) is 11.8 Å². The summed E-state index contributed by atoms with van der Waals surface area (Å²) in [5.41, 5.74) is 8.46. The van der Waals surface area contributed by atoms with Gasteiger partial charge in [-0.3, -0.25) is 0 Å². The van der Waals surface area contributed by atoms with Crippen LogP contribution in [-0.2, 0) is 0 Å². The summed E-state index contributed by atoms with van der Waals surface area (Å²) in [4.78, 5) is 8.12. The van der Waals surface area contributed by atoms with E-state index >= 15 is 0 Å². The standard InChI is InChI=1S/C14H15N3/c15-13-9-6-5-8(7-9)12(13)14-16-10-3-1-2-4-11(10)17-14/h1-6,8-9,12-13H,7,15H2,(H,16,17). The van der Waals surface area contributed by atoms with Crippen molar-refractivity contribution < 1.29 is 0 Å². The molecule has 2 aliphatic rings. The van der Waals surface area contributed by atoms with Crippen LogP contribution in [0.25, 0.3) is 11.0 Å². The zero-order valence-electron chi connectivity index (χ0n) is 9.51. The van der Waals surface area contributed by atoms with E-state index in [1.165, 1.54) is 6.42 Å². The molecule has 4 rings (SSSR count). The maximum atomic E-state index is 6.31. The lowest BCUT2D eigenvalue weighted by Crippen LogP contribution is -2.32. The van der Waals surface area contributed by atoms with Crippen molar-refractivity contribution in [3.8, 4) is 0 Å². The minimum absolute atomic E-state index is 0.227. The van der Waals surface area contributed by atoms with Crippen molar-refractivity contribution in [3.63, 3.8) is 0 Å². The molecule has 2 bridgehead atoms. The average Bonchev–Trinajstić information content (AvgIpc) is 3.00. The third-order valence-corrected chi connectivity index (χ3v) is 4.24. The van der Waals surface area contributed by atoms with Gasteiger partial charge in [0.1, 0.15) is 5.82 Å². The number of benzene rings is 1. The Morgan fingerprint density at radius 2 is 2.00 bits per heavy atom. The minimum atomic E-state index is 0.227. The number of nitrogens with zero attached hydrogens (tertiary/aromatic N) is 1. The third kappa shape index (κ3) is 1.23. The number of hydrogen-bond donors (Lipinski definition) is 2. The molecule has 4 unspecified atom stereocenters. The predicted octanol–water partition coefficient (Wildman–Crippen LogP) is 2.18. The van der Waals surface area contributed by atoms with Crippen LogP contribution in [0.2, 0.25) is 0 Å². The molecule has 1 heterocycles. The van der Waals surface area contributed by atoms with Gasteiger partial charge in [-0.2, -0.15) is 0 Å². The summed E-state index contributed by atoms with van der Waals surface area (Å²) in [6.45, 7) is 0. The number of hydrogen-bond acceptors (Lipinski definition) is 2. The Morgan fingerprint density at radius 1 is 1.18 bits per heavy atom. The van der Waals surface area contributed by atoms with E-state index in [1.807, 2.05) is 18.2 Å². The van der Waals surface area contributed by atoms with Crippen molar-refractivity contribution in [2.24, 2.45) is 17.6 Å². The molecule has 3 N–H and O–H groups in total. The second kappa shape index (κ2) is 3.20. The van der Waals surface area contributed by atoms with Crippen molar-refractivity contribution >= 4 is 11.0 Å². The Balaban J connectivity index is 1.82. The fourth-order valence-corrected chi connectivity index (χ4v) is 3.38. The number of aromatic nitrogens is 2. The number of nitrogens with one attached hydrogen (secondary N) is 1. The van der Waals surface area contributed by atoms with Gasteiger partial charge in [-0.1, -0.05) is 24.3 Å². The second-order valence-electron chi connectivity index (χ2n) is 5.19. The van der Waals surface area contributed by atoms with Crippen molar-refractivity contribution in [1.82, 2.24) is 9.97 Å². The highest BCUT2D eigenvalue weighted by Gasteiger charge is 2.44. The van der Waals surface area contributed by atoms with E-state index in [9.17, 15) is 0 Å². The van der Waals surface area contributed by atoms with Gasteiger partial charge in [0.25, 0.3) is 0 Å². The molecule has 17 heavy (non-hydrogen) atoms. The summed E-state index contributed by atoms with van der Waals surface area (Å²) in [6.07, 6.45) is 5.78. The van der Waals surface area contributed by atoms with E-state index < -0.39 is 0 Å². The molecule has 86 valence electrons. The number of aromatic amines is 1. The number of para-hydroxylation sites is 2. The van der Waals surface area contributed by atoms with Gasteiger partial charge in [-0.15, -0.1) is 0 Å². The van der Waals surface area contributed by atoms with Gasteiger partial charge in [-0.05, 0) is 30.4 Å². The van der Waals surface area contributed by atoms with Gasteiger partial charge < -0.3 is 10.7 Å². The van der Waals surface area contributed by atoms with Gasteiger partial charge >= 0.3 is 0 Å². The Bertz CT molecular complexity index is 565. The van der Waals surface area contributed by atoms with Crippen LogP contribution >= 0.6 is 0 Å². The van der Waals surface area contributed by atoms with Crippen LogP contribution in [0.4, 0.5) is 0 Å². The van der Waals surface area contributed by atoms with E-state index in [0.717, 1.165) is 16.9 Å². The fourth-order valence-electron chi connectivity index (χ4n) is 3.38. The normalized spacial score (nSPS) is 34.9. The van der Waals surface area contributed by atoms with Gasteiger partial charge in [0.05, 0.1) is 11.0 Å². The molecule has 2 aliphatic carbocycles. The molecule has 4 atom stereocenters. The molecule has 0 saturated heterocycles. The van der Waals surface area contributed by atoms with E-state index in [1.54, 1.807) is 0 Å². The average molecular weight is 225 g/mol. The van der Waals surface area contributed by atoms with Gasteiger partial charge in [-0.25, -0.2) is 4.98 Å². The Morgan fingerprint density at radius 3 is 2.76 bits per heavy atom. The molecule has 2 aromatic rings. The number of allylic oxidation sites excluding steroid dienone is 1. The smallest absolute Gasteiger partial charge is 0.112 e. The van der Waals surface area contributed by atoms with Gasteiger partial charge in [0.15, 0.2) is 0 Å². The topological polar surface area (TPSA) is 54.7 Å². The van der Waals surface area contributed by atoms with Crippen LogP contribution in [-0.4, -0.2) is 16.0 Å². The molecule has 3 heteroatoms. The number of rotatable bonds is 1. The maximum absolute atomic E-state index is 6.31. The summed E-state index contributed by atoms with van der Waals surface area (Å²) < 4.78 is 0. The summed E-state index contributed by atoms with van der Waals surface area (Å²) in [7, 11) is 0. The molecule has 0 radical (unpaired) electrons. The van der Waals surface area contributed by atoms with E-state index in [2.05, 4.69) is 23.2 Å². The third-order valence-electron chi connectivity index (χ3n) is 4.24. The zero-order chi connectivity index (χ0) is 11.4. The highest BCUT2D eigenvalue weighted by molar-refractivity contribution is 5.74. The zero-order valence-corrected chi connectivity index (χ0v) is 9.51. The number of fused-ring (bicyclic) bond motifs is 3. The number of H-pyrrole nitrogens is 1. The summed E-state index contributed by atoms with van der Waals surface area (Å²) in [6, 6.07) is 8.40. The summed E-state index contributed by atoms with van der Waals surface area (Å²) >= 11 is 0. The first kappa shape index (κ1) is 9.42. The fraction of sp³-hybridized carbons (Fsp3) is 0.357. The second-order valence-corrected chi connectivity index (χ2v) is 5.19. The molecule has 1 saturated carbocycles. The molecule has 0 amide bonds. The van der Waals surface area contributed by atoms with Crippen LogP contribution in [0.5, 0.6) is 0 Å². The molecule has 1 aromatic heterocycles. The number of imidazole rings is 1. The Hall–Kier alpha value is -1.61. The SMILES string of the molecule is NC1C2C=CC(C2)C1c1nc2ccccc2[nH]1. The van der Waals surface area contributed by atoms with Gasteiger partial charge in [0.2, 0.25) is 0 Å². The molecule has 3 nitrogen and oxygen atoms in total. The molecular weight excluding hydrogens is 210 g/mol. The Labute approximate surface area is 99.7 Å². The first-order valence-corrected chi connectivity index (χ1v) is 6.21. The van der Waals surface area contributed by atoms with Gasteiger partial charge in [0, 0.05) is 12.0 Å².